The van der Waals surface area contributed by atoms with Crippen molar-refractivity contribution in [3.05, 3.63) is 0 Å². The highest BCUT2D eigenvalue weighted by Gasteiger charge is 2.14. The van der Waals surface area contributed by atoms with Crippen molar-refractivity contribution >= 4 is 11.9 Å². The quantitative estimate of drug-likeness (QED) is 0.481. The van der Waals surface area contributed by atoms with Crippen molar-refractivity contribution in [1.29, 1.82) is 5.26 Å². The third-order valence-corrected chi connectivity index (χ3v) is 1.96. The summed E-state index contributed by atoms with van der Waals surface area (Å²) in [6, 6.07) is 1.94. The zero-order valence-corrected chi connectivity index (χ0v) is 9.86. The topological polar surface area (TPSA) is 70.4 Å². The molecule has 0 atom stereocenters. The average Bonchev–Trinajstić information content (AvgIpc) is 2.26. The summed E-state index contributed by atoms with van der Waals surface area (Å²) in [5.74, 6) is -0.541. The van der Waals surface area contributed by atoms with Crippen LogP contribution in [0.25, 0.3) is 0 Å². The van der Waals surface area contributed by atoms with Gasteiger partial charge in [-0.05, 0) is 13.3 Å². The fourth-order valence-corrected chi connectivity index (χ4v) is 1.25. The highest BCUT2D eigenvalue weighted by atomic mass is 16.5. The summed E-state index contributed by atoms with van der Waals surface area (Å²) < 4.78 is 4.72. The number of amides is 1. The minimum Gasteiger partial charge on any atom is -0.466 e. The van der Waals surface area contributed by atoms with E-state index in [9.17, 15) is 9.59 Å². The van der Waals surface area contributed by atoms with Crippen LogP contribution < -0.4 is 0 Å². The average molecular weight is 226 g/mol. The van der Waals surface area contributed by atoms with E-state index in [-0.39, 0.29) is 31.3 Å². The Morgan fingerprint density at radius 3 is 2.50 bits per heavy atom. The van der Waals surface area contributed by atoms with Crippen molar-refractivity contribution < 1.29 is 14.3 Å². The van der Waals surface area contributed by atoms with Crippen LogP contribution in [0.1, 0.15) is 33.1 Å². The van der Waals surface area contributed by atoms with E-state index < -0.39 is 0 Å². The van der Waals surface area contributed by atoms with E-state index in [2.05, 4.69) is 0 Å². The Morgan fingerprint density at radius 2 is 2.00 bits per heavy atom. The molecule has 0 aliphatic rings. The summed E-state index contributed by atoms with van der Waals surface area (Å²) in [6.45, 7) is 4.61. The fraction of sp³-hybridized carbons (Fsp3) is 0.727. The predicted octanol–water partition coefficient (Wildman–Crippen LogP) is 1.09. The molecule has 0 bridgehead atoms. The lowest BCUT2D eigenvalue weighted by molar-refractivity contribution is -0.145. The molecule has 0 saturated heterocycles. The van der Waals surface area contributed by atoms with Crippen LogP contribution in [0, 0.1) is 11.3 Å². The molecule has 1 amide bonds. The molecule has 0 aromatic heterocycles. The van der Waals surface area contributed by atoms with Crippen molar-refractivity contribution in [2.75, 3.05) is 19.7 Å². The normalized spacial score (nSPS) is 9.31. The molecule has 0 saturated carbocycles. The molecule has 0 heterocycles. The Kier molecular flexibility index (Phi) is 7.86. The highest BCUT2D eigenvalue weighted by molar-refractivity contribution is 5.81. The molecule has 0 unspecified atom stereocenters. The molecular formula is C11H18N2O3. The van der Waals surface area contributed by atoms with Crippen LogP contribution in [0.4, 0.5) is 0 Å². The maximum absolute atomic E-state index is 11.6. The van der Waals surface area contributed by atoms with Crippen LogP contribution in [0.3, 0.4) is 0 Å². The number of ether oxygens (including phenoxy) is 1. The number of hydrogen-bond acceptors (Lipinski definition) is 4. The van der Waals surface area contributed by atoms with Gasteiger partial charge in [0.2, 0.25) is 5.91 Å². The van der Waals surface area contributed by atoms with Gasteiger partial charge in [0.05, 0.1) is 19.1 Å². The fourth-order valence-electron chi connectivity index (χ4n) is 1.25. The van der Waals surface area contributed by atoms with Gasteiger partial charge in [0.15, 0.2) is 0 Å². The van der Waals surface area contributed by atoms with Gasteiger partial charge in [-0.15, -0.1) is 0 Å². The SMILES string of the molecule is CCCN(CC#N)C(=O)CCC(=O)OCC. The van der Waals surface area contributed by atoms with Gasteiger partial charge in [-0.1, -0.05) is 6.92 Å². The Bertz CT molecular complexity index is 271. The first kappa shape index (κ1) is 14.4. The Morgan fingerprint density at radius 1 is 1.31 bits per heavy atom. The summed E-state index contributed by atoms with van der Waals surface area (Å²) in [7, 11) is 0. The predicted molar refractivity (Wildman–Crippen MR) is 58.4 cm³/mol. The Balaban J connectivity index is 4.01. The van der Waals surface area contributed by atoms with Gasteiger partial charge < -0.3 is 9.64 Å². The Labute approximate surface area is 96.0 Å². The van der Waals surface area contributed by atoms with E-state index in [1.807, 2.05) is 13.0 Å². The number of nitriles is 1. The standard InChI is InChI=1S/C11H18N2O3/c1-3-8-13(9-7-12)10(14)5-6-11(15)16-4-2/h3-6,8-9H2,1-2H3. The number of nitrogens with zero attached hydrogens (tertiary/aromatic N) is 2. The smallest absolute Gasteiger partial charge is 0.306 e. The molecule has 0 fully saturated rings. The van der Waals surface area contributed by atoms with E-state index in [0.29, 0.717) is 13.2 Å². The lowest BCUT2D eigenvalue weighted by atomic mass is 10.2. The number of rotatable bonds is 7. The molecule has 16 heavy (non-hydrogen) atoms. The molecule has 90 valence electrons. The number of esters is 1. The van der Waals surface area contributed by atoms with Gasteiger partial charge in [-0.2, -0.15) is 5.26 Å². The van der Waals surface area contributed by atoms with Crippen molar-refractivity contribution in [2.24, 2.45) is 0 Å². The maximum atomic E-state index is 11.6. The molecule has 0 N–H and O–H groups in total. The molecule has 5 heteroatoms. The van der Waals surface area contributed by atoms with E-state index in [0.717, 1.165) is 6.42 Å². The molecule has 0 rings (SSSR count). The third-order valence-electron chi connectivity index (χ3n) is 1.96. The maximum Gasteiger partial charge on any atom is 0.306 e. The van der Waals surface area contributed by atoms with Crippen LogP contribution in [-0.4, -0.2) is 36.5 Å². The zero-order chi connectivity index (χ0) is 12.4. The number of hydrogen-bond donors (Lipinski definition) is 0. The van der Waals surface area contributed by atoms with Gasteiger partial charge in [0.25, 0.3) is 0 Å². The molecule has 0 spiro atoms. The minimum absolute atomic E-state index is 0.0789. The molecule has 0 aromatic carbocycles. The minimum atomic E-state index is -0.371. The van der Waals surface area contributed by atoms with Crippen LogP contribution in [0.5, 0.6) is 0 Å². The molecule has 0 radical (unpaired) electrons. The summed E-state index contributed by atoms with van der Waals surface area (Å²) >= 11 is 0. The summed E-state index contributed by atoms with van der Waals surface area (Å²) in [5.41, 5.74) is 0. The summed E-state index contributed by atoms with van der Waals surface area (Å²) in [6.07, 6.45) is 0.992. The summed E-state index contributed by atoms with van der Waals surface area (Å²) in [4.78, 5) is 24.1. The molecule has 0 aliphatic heterocycles. The molecular weight excluding hydrogens is 208 g/mol. The van der Waals surface area contributed by atoms with Crippen molar-refractivity contribution in [3.8, 4) is 6.07 Å². The van der Waals surface area contributed by atoms with E-state index >= 15 is 0 Å². The van der Waals surface area contributed by atoms with Crippen molar-refractivity contribution in [2.45, 2.75) is 33.1 Å². The monoisotopic (exact) mass is 226 g/mol. The second-order valence-electron chi connectivity index (χ2n) is 3.28. The van der Waals surface area contributed by atoms with Gasteiger partial charge in [-0.25, -0.2) is 0 Å². The Hall–Kier alpha value is -1.57. The van der Waals surface area contributed by atoms with Crippen LogP contribution >= 0.6 is 0 Å². The van der Waals surface area contributed by atoms with Crippen LogP contribution in [0.15, 0.2) is 0 Å². The van der Waals surface area contributed by atoms with Crippen molar-refractivity contribution in [3.63, 3.8) is 0 Å². The second-order valence-corrected chi connectivity index (χ2v) is 3.28. The first-order chi connectivity index (χ1) is 7.65. The van der Waals surface area contributed by atoms with E-state index in [4.69, 9.17) is 10.00 Å². The van der Waals surface area contributed by atoms with Gasteiger partial charge >= 0.3 is 5.97 Å². The molecule has 0 aliphatic carbocycles. The zero-order valence-electron chi connectivity index (χ0n) is 9.86. The third kappa shape index (κ3) is 6.02. The van der Waals surface area contributed by atoms with Crippen LogP contribution in [0.2, 0.25) is 0 Å². The van der Waals surface area contributed by atoms with E-state index in [1.165, 1.54) is 4.90 Å². The largest absolute Gasteiger partial charge is 0.466 e. The highest BCUT2D eigenvalue weighted by Crippen LogP contribution is 2.00. The van der Waals surface area contributed by atoms with Gasteiger partial charge in [0, 0.05) is 13.0 Å². The number of carbonyl (C=O) groups excluding carboxylic acids is 2. The van der Waals surface area contributed by atoms with Gasteiger partial charge in [-0.3, -0.25) is 9.59 Å². The van der Waals surface area contributed by atoms with E-state index in [1.54, 1.807) is 6.92 Å². The second kappa shape index (κ2) is 8.72. The number of carbonyl (C=O) groups is 2. The first-order valence-corrected chi connectivity index (χ1v) is 5.46. The summed E-state index contributed by atoms with van der Waals surface area (Å²) in [5, 5.41) is 8.54. The lowest BCUT2D eigenvalue weighted by Crippen LogP contribution is -2.32. The first-order valence-electron chi connectivity index (χ1n) is 5.46. The van der Waals surface area contributed by atoms with Gasteiger partial charge in [0.1, 0.15) is 6.54 Å². The lowest BCUT2D eigenvalue weighted by Gasteiger charge is -2.18. The van der Waals surface area contributed by atoms with Crippen LogP contribution in [-0.2, 0) is 14.3 Å². The van der Waals surface area contributed by atoms with Crippen molar-refractivity contribution in [1.82, 2.24) is 4.90 Å². The molecule has 5 nitrogen and oxygen atoms in total. The molecule has 0 aromatic rings.